The van der Waals surface area contributed by atoms with Crippen LogP contribution in [0.5, 0.6) is 0 Å². The standard InChI is InChI=1S/C15H17FN2O2/c16-10-5-4-6-11(9-10)18-14(19)12-7-2-1-3-8-13(12)17-15(18)20/h4-6,9,12-13H,1-3,7-8H2,(H,17,20). The number of fused-ring (bicyclic) bond motifs is 1. The molecule has 1 aromatic carbocycles. The van der Waals surface area contributed by atoms with E-state index in [0.717, 1.165) is 37.0 Å². The van der Waals surface area contributed by atoms with Gasteiger partial charge in [0.2, 0.25) is 5.91 Å². The van der Waals surface area contributed by atoms with Crippen molar-refractivity contribution >= 4 is 17.6 Å². The van der Waals surface area contributed by atoms with Crippen LogP contribution in [0.25, 0.3) is 0 Å². The summed E-state index contributed by atoms with van der Waals surface area (Å²) in [6, 6.07) is 5.09. The molecule has 1 aromatic rings. The van der Waals surface area contributed by atoms with Gasteiger partial charge in [-0.15, -0.1) is 0 Å². The molecule has 20 heavy (non-hydrogen) atoms. The van der Waals surface area contributed by atoms with Crippen LogP contribution in [0.15, 0.2) is 24.3 Å². The van der Waals surface area contributed by atoms with Crippen molar-refractivity contribution in [2.75, 3.05) is 4.90 Å². The van der Waals surface area contributed by atoms with E-state index in [4.69, 9.17) is 0 Å². The third kappa shape index (κ3) is 2.28. The Bertz CT molecular complexity index is 546. The van der Waals surface area contributed by atoms with Crippen molar-refractivity contribution in [2.24, 2.45) is 5.92 Å². The first-order chi connectivity index (χ1) is 9.66. The Kier molecular flexibility index (Phi) is 3.42. The minimum Gasteiger partial charge on any atom is -0.334 e. The maximum Gasteiger partial charge on any atom is 0.328 e. The molecule has 1 N–H and O–H groups in total. The van der Waals surface area contributed by atoms with Crippen molar-refractivity contribution < 1.29 is 14.0 Å². The predicted octanol–water partition coefficient (Wildman–Crippen LogP) is 2.83. The number of anilines is 1. The Hall–Kier alpha value is -1.91. The van der Waals surface area contributed by atoms with Gasteiger partial charge in [-0.25, -0.2) is 14.1 Å². The molecule has 2 fully saturated rings. The molecule has 1 aliphatic heterocycles. The van der Waals surface area contributed by atoms with Crippen molar-refractivity contribution in [3.05, 3.63) is 30.1 Å². The highest BCUT2D eigenvalue weighted by Gasteiger charge is 2.41. The van der Waals surface area contributed by atoms with Crippen LogP contribution in [0.2, 0.25) is 0 Å². The van der Waals surface area contributed by atoms with E-state index in [2.05, 4.69) is 5.32 Å². The fourth-order valence-electron chi connectivity index (χ4n) is 3.12. The Morgan fingerprint density at radius 2 is 1.95 bits per heavy atom. The van der Waals surface area contributed by atoms with Gasteiger partial charge in [0.1, 0.15) is 5.82 Å². The summed E-state index contributed by atoms with van der Waals surface area (Å²) in [5, 5.41) is 2.90. The van der Waals surface area contributed by atoms with Crippen LogP contribution >= 0.6 is 0 Å². The highest BCUT2D eigenvalue weighted by atomic mass is 19.1. The lowest BCUT2D eigenvalue weighted by atomic mass is 9.91. The van der Waals surface area contributed by atoms with E-state index in [1.807, 2.05) is 0 Å². The monoisotopic (exact) mass is 276 g/mol. The molecule has 1 heterocycles. The van der Waals surface area contributed by atoms with E-state index in [1.165, 1.54) is 18.2 Å². The molecule has 1 saturated carbocycles. The van der Waals surface area contributed by atoms with Crippen LogP contribution in [0.1, 0.15) is 32.1 Å². The number of hydrogen-bond donors (Lipinski definition) is 1. The number of amides is 3. The van der Waals surface area contributed by atoms with Gasteiger partial charge < -0.3 is 5.32 Å². The van der Waals surface area contributed by atoms with Crippen LogP contribution in [0.3, 0.4) is 0 Å². The van der Waals surface area contributed by atoms with Crippen molar-refractivity contribution in [1.82, 2.24) is 5.32 Å². The molecular formula is C15H17FN2O2. The number of urea groups is 1. The summed E-state index contributed by atoms with van der Waals surface area (Å²) in [5.41, 5.74) is 0.301. The average molecular weight is 276 g/mol. The lowest BCUT2D eigenvalue weighted by molar-refractivity contribution is -0.123. The highest BCUT2D eigenvalue weighted by Crippen LogP contribution is 2.30. The minimum atomic E-state index is -0.453. The average Bonchev–Trinajstić information content (AvgIpc) is 2.64. The second kappa shape index (κ2) is 5.23. The van der Waals surface area contributed by atoms with Crippen LogP contribution in [-0.4, -0.2) is 18.0 Å². The van der Waals surface area contributed by atoms with E-state index < -0.39 is 11.8 Å². The number of nitrogens with one attached hydrogen (secondary N) is 1. The topological polar surface area (TPSA) is 49.4 Å². The number of nitrogens with zero attached hydrogens (tertiary/aromatic N) is 1. The molecule has 5 heteroatoms. The summed E-state index contributed by atoms with van der Waals surface area (Å²) in [6.07, 6.45) is 4.76. The third-order valence-electron chi connectivity index (χ3n) is 4.13. The van der Waals surface area contributed by atoms with Crippen LogP contribution in [0.4, 0.5) is 14.9 Å². The number of carbonyl (C=O) groups is 2. The first-order valence-electron chi connectivity index (χ1n) is 7.07. The normalized spacial score (nSPS) is 26.8. The number of benzene rings is 1. The molecule has 2 atom stereocenters. The van der Waals surface area contributed by atoms with E-state index >= 15 is 0 Å². The second-order valence-electron chi connectivity index (χ2n) is 5.45. The Balaban J connectivity index is 1.92. The van der Waals surface area contributed by atoms with Crippen molar-refractivity contribution in [2.45, 2.75) is 38.1 Å². The SMILES string of the molecule is O=C1NC2CCCCCC2C(=O)N1c1cccc(F)c1. The van der Waals surface area contributed by atoms with Crippen molar-refractivity contribution in [1.29, 1.82) is 0 Å². The lowest BCUT2D eigenvalue weighted by Crippen LogP contribution is -2.60. The lowest BCUT2D eigenvalue weighted by Gasteiger charge is -2.36. The quantitative estimate of drug-likeness (QED) is 0.857. The summed E-state index contributed by atoms with van der Waals surface area (Å²) < 4.78 is 13.3. The maximum atomic E-state index is 13.3. The van der Waals surface area contributed by atoms with Crippen LogP contribution in [0, 0.1) is 11.7 Å². The van der Waals surface area contributed by atoms with E-state index in [9.17, 15) is 14.0 Å². The van der Waals surface area contributed by atoms with Gasteiger partial charge in [-0.2, -0.15) is 0 Å². The molecule has 106 valence electrons. The summed E-state index contributed by atoms with van der Waals surface area (Å²) >= 11 is 0. The highest BCUT2D eigenvalue weighted by molar-refractivity contribution is 6.17. The summed E-state index contributed by atoms with van der Waals surface area (Å²) in [5.74, 6) is -0.837. The van der Waals surface area contributed by atoms with Gasteiger partial charge in [-0.05, 0) is 31.0 Å². The zero-order chi connectivity index (χ0) is 14.1. The molecule has 3 amide bonds. The molecule has 2 aliphatic rings. The number of imide groups is 1. The smallest absolute Gasteiger partial charge is 0.328 e. The van der Waals surface area contributed by atoms with Crippen molar-refractivity contribution in [3.8, 4) is 0 Å². The zero-order valence-electron chi connectivity index (χ0n) is 11.1. The summed E-state index contributed by atoms with van der Waals surface area (Å²) in [6.45, 7) is 0. The predicted molar refractivity (Wildman–Crippen MR) is 72.8 cm³/mol. The second-order valence-corrected chi connectivity index (χ2v) is 5.45. The molecule has 0 bridgehead atoms. The molecule has 4 nitrogen and oxygen atoms in total. The molecule has 1 saturated heterocycles. The minimum absolute atomic E-state index is 0.0673. The third-order valence-corrected chi connectivity index (χ3v) is 4.13. The Morgan fingerprint density at radius 3 is 2.75 bits per heavy atom. The van der Waals surface area contributed by atoms with Crippen LogP contribution in [-0.2, 0) is 4.79 Å². The van der Waals surface area contributed by atoms with Gasteiger partial charge in [0.05, 0.1) is 11.6 Å². The Labute approximate surface area is 117 Å². The number of carbonyl (C=O) groups excluding carboxylic acids is 2. The number of hydrogen-bond acceptors (Lipinski definition) is 2. The zero-order valence-corrected chi connectivity index (χ0v) is 11.1. The van der Waals surface area contributed by atoms with E-state index in [1.54, 1.807) is 6.07 Å². The first-order valence-corrected chi connectivity index (χ1v) is 7.07. The first kappa shape index (κ1) is 13.1. The van der Waals surface area contributed by atoms with Crippen molar-refractivity contribution in [3.63, 3.8) is 0 Å². The van der Waals surface area contributed by atoms with Gasteiger partial charge in [-0.1, -0.05) is 25.3 Å². The molecule has 2 unspecified atom stereocenters. The summed E-state index contributed by atoms with van der Waals surface area (Å²) in [7, 11) is 0. The largest absolute Gasteiger partial charge is 0.334 e. The fraction of sp³-hybridized carbons (Fsp3) is 0.467. The number of halogens is 1. The van der Waals surface area contributed by atoms with Crippen LogP contribution < -0.4 is 10.2 Å². The maximum absolute atomic E-state index is 13.3. The van der Waals surface area contributed by atoms with Gasteiger partial charge in [0.15, 0.2) is 0 Å². The molecule has 1 aliphatic carbocycles. The molecule has 0 aromatic heterocycles. The van der Waals surface area contributed by atoms with Gasteiger partial charge in [0, 0.05) is 6.04 Å². The van der Waals surface area contributed by atoms with Gasteiger partial charge in [-0.3, -0.25) is 4.79 Å². The van der Waals surface area contributed by atoms with Gasteiger partial charge >= 0.3 is 6.03 Å². The molecule has 0 radical (unpaired) electrons. The number of rotatable bonds is 1. The van der Waals surface area contributed by atoms with Gasteiger partial charge in [0.25, 0.3) is 0 Å². The molecular weight excluding hydrogens is 259 g/mol. The molecule has 0 spiro atoms. The van der Waals surface area contributed by atoms with E-state index in [-0.39, 0.29) is 17.9 Å². The Morgan fingerprint density at radius 1 is 1.15 bits per heavy atom. The van der Waals surface area contributed by atoms with E-state index in [0.29, 0.717) is 5.69 Å². The fourth-order valence-corrected chi connectivity index (χ4v) is 3.12. The molecule has 3 rings (SSSR count). The summed E-state index contributed by atoms with van der Waals surface area (Å²) in [4.78, 5) is 25.8.